The summed E-state index contributed by atoms with van der Waals surface area (Å²) in [4.78, 5) is 11.2. The predicted molar refractivity (Wildman–Crippen MR) is 82.6 cm³/mol. The number of hydrogen-bond donors (Lipinski definition) is 2. The summed E-state index contributed by atoms with van der Waals surface area (Å²) in [6.07, 6.45) is 2.69. The first kappa shape index (κ1) is 15.1. The Kier molecular flexibility index (Phi) is 4.88. The monoisotopic (exact) mass is 350 g/mol. The van der Waals surface area contributed by atoms with Gasteiger partial charge in [0.15, 0.2) is 0 Å². The third kappa shape index (κ3) is 3.24. The van der Waals surface area contributed by atoms with Crippen molar-refractivity contribution in [3.05, 3.63) is 54.3 Å². The lowest BCUT2D eigenvalue weighted by molar-refractivity contribution is 0.987. The first-order valence-corrected chi connectivity index (χ1v) is 6.67. The van der Waals surface area contributed by atoms with E-state index in [1.54, 1.807) is 12.1 Å². The van der Waals surface area contributed by atoms with Crippen molar-refractivity contribution in [2.75, 3.05) is 5.43 Å². The van der Waals surface area contributed by atoms with E-state index in [4.69, 9.17) is 46.4 Å². The molecular formula is C11H6Cl4N4O. The SMILES string of the molecule is O=c1[nH]ncc(N/N=C/c2c(Cl)ccc(Cl)c2Cl)c1Cl. The lowest BCUT2D eigenvalue weighted by Gasteiger charge is -2.04. The highest BCUT2D eigenvalue weighted by atomic mass is 35.5. The van der Waals surface area contributed by atoms with Gasteiger partial charge in [-0.3, -0.25) is 10.2 Å². The van der Waals surface area contributed by atoms with Gasteiger partial charge in [0.25, 0.3) is 5.56 Å². The maximum Gasteiger partial charge on any atom is 0.285 e. The van der Waals surface area contributed by atoms with Crippen molar-refractivity contribution in [3.63, 3.8) is 0 Å². The van der Waals surface area contributed by atoms with Crippen LogP contribution in [0.25, 0.3) is 0 Å². The summed E-state index contributed by atoms with van der Waals surface area (Å²) in [7, 11) is 0. The summed E-state index contributed by atoms with van der Waals surface area (Å²) in [6, 6.07) is 3.17. The van der Waals surface area contributed by atoms with E-state index in [0.29, 0.717) is 15.6 Å². The molecule has 0 saturated carbocycles. The van der Waals surface area contributed by atoms with Crippen molar-refractivity contribution < 1.29 is 0 Å². The summed E-state index contributed by atoms with van der Waals surface area (Å²) in [5.74, 6) is 0. The molecule has 1 aromatic heterocycles. The molecule has 9 heteroatoms. The number of rotatable bonds is 3. The van der Waals surface area contributed by atoms with E-state index in [0.717, 1.165) is 0 Å². The Hall–Kier alpha value is -1.27. The molecule has 0 aliphatic rings. The Labute approximate surface area is 133 Å². The van der Waals surface area contributed by atoms with Crippen molar-refractivity contribution in [1.82, 2.24) is 10.2 Å². The first-order valence-electron chi connectivity index (χ1n) is 5.16. The van der Waals surface area contributed by atoms with Crippen LogP contribution in [0.3, 0.4) is 0 Å². The van der Waals surface area contributed by atoms with Gasteiger partial charge in [-0.2, -0.15) is 10.2 Å². The van der Waals surface area contributed by atoms with E-state index in [-0.39, 0.29) is 15.7 Å². The van der Waals surface area contributed by atoms with Gasteiger partial charge in [0, 0.05) is 5.56 Å². The van der Waals surface area contributed by atoms with Gasteiger partial charge in [-0.1, -0.05) is 46.4 Å². The number of hydrogen-bond acceptors (Lipinski definition) is 4. The minimum atomic E-state index is -0.523. The fraction of sp³-hybridized carbons (Fsp3) is 0. The van der Waals surface area contributed by atoms with Gasteiger partial charge >= 0.3 is 0 Å². The summed E-state index contributed by atoms with van der Waals surface area (Å²) in [6.45, 7) is 0. The number of nitrogens with one attached hydrogen (secondary N) is 2. The number of nitrogens with zero attached hydrogens (tertiary/aromatic N) is 2. The molecule has 2 N–H and O–H groups in total. The molecule has 0 atom stereocenters. The van der Waals surface area contributed by atoms with E-state index in [9.17, 15) is 4.79 Å². The zero-order valence-corrected chi connectivity index (χ0v) is 12.6. The molecule has 0 aliphatic carbocycles. The van der Waals surface area contributed by atoms with Crippen molar-refractivity contribution in [2.24, 2.45) is 5.10 Å². The lowest BCUT2D eigenvalue weighted by atomic mass is 10.2. The highest BCUT2D eigenvalue weighted by molar-refractivity contribution is 6.45. The molecule has 0 unspecified atom stereocenters. The molecule has 0 bridgehead atoms. The summed E-state index contributed by atoms with van der Waals surface area (Å²) in [5.41, 5.74) is 2.75. The highest BCUT2D eigenvalue weighted by Crippen LogP contribution is 2.30. The predicted octanol–water partition coefficient (Wildman–Crippen LogP) is 3.83. The van der Waals surface area contributed by atoms with Gasteiger partial charge < -0.3 is 0 Å². The number of anilines is 1. The molecule has 0 saturated heterocycles. The zero-order chi connectivity index (χ0) is 14.7. The number of H-pyrrole nitrogens is 1. The largest absolute Gasteiger partial charge is 0.285 e. The Bertz CT molecular complexity index is 729. The van der Waals surface area contributed by atoms with Crippen molar-refractivity contribution in [3.8, 4) is 0 Å². The summed E-state index contributed by atoms with van der Waals surface area (Å²) < 4.78 is 0. The molecule has 104 valence electrons. The molecule has 5 nitrogen and oxygen atoms in total. The molecule has 0 fully saturated rings. The van der Waals surface area contributed by atoms with E-state index in [1.165, 1.54) is 12.4 Å². The quantitative estimate of drug-likeness (QED) is 0.501. The van der Waals surface area contributed by atoms with Crippen LogP contribution in [0.5, 0.6) is 0 Å². The minimum absolute atomic E-state index is 0.0552. The maximum atomic E-state index is 11.2. The van der Waals surface area contributed by atoms with Crippen LogP contribution in [0.4, 0.5) is 5.69 Å². The van der Waals surface area contributed by atoms with Crippen LogP contribution in [0.2, 0.25) is 20.1 Å². The van der Waals surface area contributed by atoms with Gasteiger partial charge in [0.05, 0.1) is 27.5 Å². The topological polar surface area (TPSA) is 70.1 Å². The van der Waals surface area contributed by atoms with Crippen LogP contribution in [0, 0.1) is 0 Å². The van der Waals surface area contributed by atoms with Gasteiger partial charge in [-0.05, 0) is 12.1 Å². The second-order valence-corrected chi connectivity index (χ2v) is 5.12. The molecule has 0 spiro atoms. The van der Waals surface area contributed by atoms with Crippen LogP contribution in [0.15, 0.2) is 28.2 Å². The Morgan fingerprint density at radius 2 is 1.85 bits per heavy atom. The van der Waals surface area contributed by atoms with Gasteiger partial charge in [0.1, 0.15) is 10.7 Å². The minimum Gasteiger partial charge on any atom is -0.275 e. The zero-order valence-electron chi connectivity index (χ0n) is 9.62. The van der Waals surface area contributed by atoms with E-state index >= 15 is 0 Å². The molecule has 20 heavy (non-hydrogen) atoms. The van der Waals surface area contributed by atoms with Crippen LogP contribution in [-0.4, -0.2) is 16.4 Å². The Morgan fingerprint density at radius 1 is 1.15 bits per heavy atom. The van der Waals surface area contributed by atoms with Gasteiger partial charge in [-0.25, -0.2) is 5.10 Å². The highest BCUT2D eigenvalue weighted by Gasteiger charge is 2.08. The van der Waals surface area contributed by atoms with E-state index < -0.39 is 5.56 Å². The summed E-state index contributed by atoms with van der Waals surface area (Å²) >= 11 is 23.6. The number of halogens is 4. The van der Waals surface area contributed by atoms with Crippen LogP contribution in [-0.2, 0) is 0 Å². The maximum absolute atomic E-state index is 11.2. The van der Waals surface area contributed by atoms with Crippen LogP contribution >= 0.6 is 46.4 Å². The first-order chi connectivity index (χ1) is 9.50. The molecule has 0 aliphatic heterocycles. The third-order valence-corrected chi connectivity index (χ3v) is 3.78. The number of hydrazone groups is 1. The smallest absolute Gasteiger partial charge is 0.275 e. The third-order valence-electron chi connectivity index (χ3n) is 2.25. The second kappa shape index (κ2) is 6.45. The molecule has 1 heterocycles. The van der Waals surface area contributed by atoms with Crippen molar-refractivity contribution >= 4 is 58.3 Å². The molecule has 0 radical (unpaired) electrons. The van der Waals surface area contributed by atoms with Crippen molar-refractivity contribution in [1.29, 1.82) is 0 Å². The molecular weight excluding hydrogens is 346 g/mol. The Morgan fingerprint density at radius 3 is 2.60 bits per heavy atom. The second-order valence-electron chi connectivity index (χ2n) is 3.55. The molecule has 1 aromatic carbocycles. The van der Waals surface area contributed by atoms with Crippen molar-refractivity contribution in [2.45, 2.75) is 0 Å². The number of benzene rings is 1. The van der Waals surface area contributed by atoms with Crippen LogP contribution < -0.4 is 11.0 Å². The fourth-order valence-electron chi connectivity index (χ4n) is 1.29. The molecule has 2 rings (SSSR count). The average molecular weight is 352 g/mol. The van der Waals surface area contributed by atoms with Gasteiger partial charge in [0.2, 0.25) is 0 Å². The number of aromatic nitrogens is 2. The standard InChI is InChI=1S/C11H6Cl4N4O/c12-6-1-2-7(13)9(14)5(6)3-16-18-8-4-17-19-11(20)10(8)15/h1-4H,(H2,18,19,20)/b16-3+. The lowest BCUT2D eigenvalue weighted by Crippen LogP contribution is -2.10. The van der Waals surface area contributed by atoms with E-state index in [2.05, 4.69) is 20.7 Å². The number of aromatic amines is 1. The van der Waals surface area contributed by atoms with E-state index in [1.807, 2.05) is 0 Å². The molecule has 0 amide bonds. The normalized spacial score (nSPS) is 11.0. The Balaban J connectivity index is 2.25. The van der Waals surface area contributed by atoms with Gasteiger partial charge in [-0.15, -0.1) is 0 Å². The summed E-state index contributed by atoms with van der Waals surface area (Å²) in [5, 5.41) is 10.6. The average Bonchev–Trinajstić information content (AvgIpc) is 2.43. The van der Waals surface area contributed by atoms with Crippen LogP contribution in [0.1, 0.15) is 5.56 Å². The molecule has 2 aromatic rings. The fourth-order valence-corrected chi connectivity index (χ4v) is 2.06.